The minimum atomic E-state index is -3.67. The van der Waals surface area contributed by atoms with Gasteiger partial charge in [0.1, 0.15) is 9.77 Å². The first-order valence-electron chi connectivity index (χ1n) is 7.86. The van der Waals surface area contributed by atoms with E-state index >= 15 is 0 Å². The SMILES string of the molecule is CC1(C(=O)O)CCN(C(=O)c2sccc2S(=O)(=O)N2CCCC2)C1. The zero-order chi connectivity index (χ0) is 17.5. The fourth-order valence-electron chi connectivity index (χ4n) is 3.18. The summed E-state index contributed by atoms with van der Waals surface area (Å²) < 4.78 is 26.9. The first kappa shape index (κ1) is 17.4. The molecule has 0 aromatic carbocycles. The number of sulfonamides is 1. The van der Waals surface area contributed by atoms with Gasteiger partial charge in [-0.3, -0.25) is 9.59 Å². The Balaban J connectivity index is 1.86. The molecule has 1 aromatic heterocycles. The predicted molar refractivity (Wildman–Crippen MR) is 88.6 cm³/mol. The van der Waals surface area contributed by atoms with Gasteiger partial charge in [-0.15, -0.1) is 11.3 Å². The minimum absolute atomic E-state index is 0.0447. The third-order valence-electron chi connectivity index (χ3n) is 4.78. The Labute approximate surface area is 144 Å². The maximum Gasteiger partial charge on any atom is 0.311 e. The molecular formula is C15H20N2O5S2. The second-order valence-electron chi connectivity index (χ2n) is 6.57. The molecule has 2 saturated heterocycles. The largest absolute Gasteiger partial charge is 0.481 e. The van der Waals surface area contributed by atoms with Crippen molar-refractivity contribution in [1.29, 1.82) is 0 Å². The summed E-state index contributed by atoms with van der Waals surface area (Å²) in [4.78, 5) is 25.8. The molecule has 0 bridgehead atoms. The second kappa shape index (κ2) is 6.12. The number of carboxylic acids is 1. The number of aliphatic carboxylic acids is 1. The van der Waals surface area contributed by atoms with Crippen LogP contribution in [-0.2, 0) is 14.8 Å². The van der Waals surface area contributed by atoms with Crippen LogP contribution in [0.4, 0.5) is 0 Å². The van der Waals surface area contributed by atoms with E-state index in [1.54, 1.807) is 12.3 Å². The molecule has 9 heteroatoms. The van der Waals surface area contributed by atoms with Crippen LogP contribution in [-0.4, -0.2) is 60.8 Å². The molecule has 0 spiro atoms. The highest BCUT2D eigenvalue weighted by Gasteiger charge is 2.43. The number of thiophene rings is 1. The maximum atomic E-state index is 12.8. The molecular weight excluding hydrogens is 352 g/mol. The highest BCUT2D eigenvalue weighted by atomic mass is 32.2. The molecule has 3 heterocycles. The van der Waals surface area contributed by atoms with E-state index in [-0.39, 0.29) is 16.3 Å². The van der Waals surface area contributed by atoms with Crippen LogP contribution in [0.2, 0.25) is 0 Å². The van der Waals surface area contributed by atoms with Crippen molar-refractivity contribution in [3.63, 3.8) is 0 Å². The molecule has 2 aliphatic rings. The number of amides is 1. The smallest absolute Gasteiger partial charge is 0.311 e. The Kier molecular flexibility index (Phi) is 4.43. The Bertz CT molecular complexity index is 767. The molecule has 0 radical (unpaired) electrons. The molecule has 1 aromatic rings. The molecule has 0 aliphatic carbocycles. The lowest BCUT2D eigenvalue weighted by Gasteiger charge is -2.21. The van der Waals surface area contributed by atoms with Crippen LogP contribution in [0.25, 0.3) is 0 Å². The van der Waals surface area contributed by atoms with Crippen molar-refractivity contribution in [3.05, 3.63) is 16.3 Å². The summed E-state index contributed by atoms with van der Waals surface area (Å²) >= 11 is 1.09. The van der Waals surface area contributed by atoms with Gasteiger partial charge in [-0.25, -0.2) is 8.42 Å². The standard InChI is InChI=1S/C15H20N2O5S2/c1-15(14(19)20)5-8-16(10-15)13(18)12-11(4-9-23-12)24(21,22)17-6-2-3-7-17/h4,9H,2-3,5-8,10H2,1H3,(H,19,20). The zero-order valence-electron chi connectivity index (χ0n) is 13.4. The summed E-state index contributed by atoms with van der Waals surface area (Å²) in [5.74, 6) is -1.33. The number of rotatable bonds is 4. The number of hydrogen-bond donors (Lipinski definition) is 1. The first-order chi connectivity index (χ1) is 11.3. The Hall–Kier alpha value is -1.45. The van der Waals surface area contributed by atoms with Gasteiger partial charge < -0.3 is 10.0 Å². The van der Waals surface area contributed by atoms with Crippen LogP contribution in [0, 0.1) is 5.41 Å². The molecule has 1 unspecified atom stereocenters. The molecule has 132 valence electrons. The van der Waals surface area contributed by atoms with Crippen LogP contribution >= 0.6 is 11.3 Å². The summed E-state index contributed by atoms with van der Waals surface area (Å²) in [5, 5.41) is 10.9. The molecule has 1 amide bonds. The van der Waals surface area contributed by atoms with E-state index in [4.69, 9.17) is 0 Å². The van der Waals surface area contributed by atoms with E-state index in [1.807, 2.05) is 0 Å². The molecule has 24 heavy (non-hydrogen) atoms. The van der Waals surface area contributed by atoms with E-state index in [2.05, 4.69) is 0 Å². The average Bonchev–Trinajstić information content (AvgIpc) is 3.27. The third kappa shape index (κ3) is 2.84. The van der Waals surface area contributed by atoms with E-state index in [9.17, 15) is 23.1 Å². The van der Waals surface area contributed by atoms with Crippen LogP contribution in [0.1, 0.15) is 35.9 Å². The van der Waals surface area contributed by atoms with Gasteiger partial charge in [-0.2, -0.15) is 4.31 Å². The Morgan fingerprint density at radius 3 is 2.50 bits per heavy atom. The van der Waals surface area contributed by atoms with Gasteiger partial charge in [0.05, 0.1) is 5.41 Å². The van der Waals surface area contributed by atoms with Gasteiger partial charge in [0.2, 0.25) is 10.0 Å². The highest BCUT2D eigenvalue weighted by molar-refractivity contribution is 7.89. The molecule has 2 aliphatic heterocycles. The number of carboxylic acid groups (broad SMARTS) is 1. The van der Waals surface area contributed by atoms with E-state index in [0.29, 0.717) is 26.1 Å². The van der Waals surface area contributed by atoms with Crippen LogP contribution < -0.4 is 0 Å². The second-order valence-corrected chi connectivity index (χ2v) is 9.39. The van der Waals surface area contributed by atoms with E-state index < -0.39 is 27.3 Å². The lowest BCUT2D eigenvalue weighted by molar-refractivity contribution is -0.147. The van der Waals surface area contributed by atoms with Crippen molar-refractivity contribution < 1.29 is 23.1 Å². The quantitative estimate of drug-likeness (QED) is 0.864. The molecule has 1 N–H and O–H groups in total. The predicted octanol–water partition coefficient (Wildman–Crippen LogP) is 1.47. The van der Waals surface area contributed by atoms with Gasteiger partial charge in [0.15, 0.2) is 0 Å². The number of likely N-dealkylation sites (tertiary alicyclic amines) is 1. The Morgan fingerprint density at radius 1 is 1.25 bits per heavy atom. The number of nitrogens with zero attached hydrogens (tertiary/aromatic N) is 2. The number of carbonyl (C=O) groups excluding carboxylic acids is 1. The van der Waals surface area contributed by atoms with Gasteiger partial charge >= 0.3 is 5.97 Å². The lowest BCUT2D eigenvalue weighted by Crippen LogP contribution is -2.35. The topological polar surface area (TPSA) is 95.0 Å². The summed E-state index contributed by atoms with van der Waals surface area (Å²) in [6.07, 6.45) is 2.03. The average molecular weight is 372 g/mol. The van der Waals surface area contributed by atoms with E-state index in [0.717, 1.165) is 24.2 Å². The fourth-order valence-corrected chi connectivity index (χ4v) is 6.06. The van der Waals surface area contributed by atoms with Crippen molar-refractivity contribution in [3.8, 4) is 0 Å². The van der Waals surface area contributed by atoms with Crippen molar-refractivity contribution in [2.24, 2.45) is 5.41 Å². The van der Waals surface area contributed by atoms with Gasteiger partial charge in [0.25, 0.3) is 5.91 Å². The maximum absolute atomic E-state index is 12.8. The molecule has 3 rings (SSSR count). The van der Waals surface area contributed by atoms with Crippen LogP contribution in [0.5, 0.6) is 0 Å². The number of hydrogen-bond acceptors (Lipinski definition) is 5. The Morgan fingerprint density at radius 2 is 1.92 bits per heavy atom. The monoisotopic (exact) mass is 372 g/mol. The fraction of sp³-hybridized carbons (Fsp3) is 0.600. The summed E-state index contributed by atoms with van der Waals surface area (Å²) in [5.41, 5.74) is -0.971. The third-order valence-corrected chi connectivity index (χ3v) is 7.76. The van der Waals surface area contributed by atoms with Gasteiger partial charge in [-0.1, -0.05) is 0 Å². The minimum Gasteiger partial charge on any atom is -0.481 e. The molecule has 1 atom stereocenters. The van der Waals surface area contributed by atoms with Crippen molar-refractivity contribution in [2.75, 3.05) is 26.2 Å². The zero-order valence-corrected chi connectivity index (χ0v) is 15.0. The summed E-state index contributed by atoms with van der Waals surface area (Å²) in [6, 6.07) is 1.47. The van der Waals surface area contributed by atoms with Crippen LogP contribution in [0.15, 0.2) is 16.3 Å². The molecule has 2 fully saturated rings. The molecule has 0 saturated carbocycles. The van der Waals surface area contributed by atoms with Crippen molar-refractivity contribution in [1.82, 2.24) is 9.21 Å². The first-order valence-corrected chi connectivity index (χ1v) is 10.2. The van der Waals surface area contributed by atoms with E-state index in [1.165, 1.54) is 15.3 Å². The van der Waals surface area contributed by atoms with Crippen molar-refractivity contribution >= 4 is 33.2 Å². The number of carbonyl (C=O) groups is 2. The van der Waals surface area contributed by atoms with Crippen molar-refractivity contribution in [2.45, 2.75) is 31.1 Å². The summed E-state index contributed by atoms with van der Waals surface area (Å²) in [7, 11) is -3.67. The lowest BCUT2D eigenvalue weighted by atomic mass is 9.90. The van der Waals surface area contributed by atoms with Gasteiger partial charge in [0, 0.05) is 26.2 Å². The normalized spacial score (nSPS) is 25.3. The summed E-state index contributed by atoms with van der Waals surface area (Å²) in [6.45, 7) is 2.99. The highest BCUT2D eigenvalue weighted by Crippen LogP contribution is 2.34. The van der Waals surface area contributed by atoms with Crippen LogP contribution in [0.3, 0.4) is 0 Å². The molecule has 7 nitrogen and oxygen atoms in total. The van der Waals surface area contributed by atoms with Gasteiger partial charge in [-0.05, 0) is 37.6 Å².